The molecule has 0 bridgehead atoms. The van der Waals surface area contributed by atoms with Gasteiger partial charge in [0.05, 0.1) is 11.1 Å². The van der Waals surface area contributed by atoms with Gasteiger partial charge in [0.2, 0.25) is 5.95 Å². The van der Waals surface area contributed by atoms with Crippen molar-refractivity contribution in [2.24, 2.45) is 0 Å². The lowest BCUT2D eigenvalue weighted by atomic mass is 10.3. The van der Waals surface area contributed by atoms with E-state index in [1.807, 2.05) is 0 Å². The first-order valence-electron chi connectivity index (χ1n) is 6.51. The smallest absolute Gasteiger partial charge is 0.422 e. The summed E-state index contributed by atoms with van der Waals surface area (Å²) in [7, 11) is 0. The first-order chi connectivity index (χ1) is 10.8. The van der Waals surface area contributed by atoms with Crippen LogP contribution in [-0.4, -0.2) is 27.3 Å². The number of ether oxygens (including phenoxy) is 1. The second kappa shape index (κ2) is 5.34. The number of nitrogens with one attached hydrogen (secondary N) is 1. The summed E-state index contributed by atoms with van der Waals surface area (Å²) in [5.74, 6) is 0.00212. The minimum atomic E-state index is -4.41. The molecular weight excluding hydrogens is 313 g/mol. The zero-order valence-electron chi connectivity index (χ0n) is 11.6. The Morgan fingerprint density at radius 3 is 2.57 bits per heavy atom. The number of hydrogen-bond acceptors (Lipinski definition) is 4. The van der Waals surface area contributed by atoms with Gasteiger partial charge in [-0.2, -0.15) is 18.2 Å². The number of H-pyrrole nitrogens is 1. The minimum Gasteiger partial charge on any atom is -0.484 e. The van der Waals surface area contributed by atoms with E-state index in [0.717, 1.165) is 0 Å². The zero-order chi connectivity index (χ0) is 16.6. The summed E-state index contributed by atoms with van der Waals surface area (Å²) in [6.45, 7) is -1.38. The maximum absolute atomic E-state index is 12.4. The van der Waals surface area contributed by atoms with Gasteiger partial charge >= 0.3 is 6.18 Å². The summed E-state index contributed by atoms with van der Waals surface area (Å²) in [5.41, 5.74) is 6.15. The lowest BCUT2D eigenvalue weighted by Gasteiger charge is -2.11. The van der Waals surface area contributed by atoms with E-state index in [1.54, 1.807) is 12.3 Å². The van der Waals surface area contributed by atoms with Crippen LogP contribution in [0, 0.1) is 0 Å². The van der Waals surface area contributed by atoms with Gasteiger partial charge in [0, 0.05) is 6.20 Å². The van der Waals surface area contributed by atoms with Crippen molar-refractivity contribution < 1.29 is 17.9 Å². The number of benzene rings is 1. The van der Waals surface area contributed by atoms with E-state index >= 15 is 0 Å². The minimum absolute atomic E-state index is 0.0334. The van der Waals surface area contributed by atoms with Gasteiger partial charge in [-0.1, -0.05) is 0 Å². The number of halogens is 3. The summed E-state index contributed by atoms with van der Waals surface area (Å²) < 4.78 is 42.1. The van der Waals surface area contributed by atoms with Crippen LogP contribution in [0.3, 0.4) is 0 Å². The Bertz CT molecular complexity index is 897. The average molecular weight is 324 g/mol. The summed E-state index contributed by atoms with van der Waals surface area (Å²) in [5, 5.41) is 0.358. The van der Waals surface area contributed by atoms with Gasteiger partial charge in [-0.25, -0.2) is 4.57 Å². The number of fused-ring (bicyclic) bond motifs is 1. The van der Waals surface area contributed by atoms with Crippen LogP contribution >= 0.6 is 0 Å². The molecule has 23 heavy (non-hydrogen) atoms. The van der Waals surface area contributed by atoms with Crippen molar-refractivity contribution in [3.05, 3.63) is 46.9 Å². The van der Waals surface area contributed by atoms with Crippen molar-refractivity contribution in [1.29, 1.82) is 0 Å². The van der Waals surface area contributed by atoms with Crippen LogP contribution in [0.25, 0.3) is 16.7 Å². The van der Waals surface area contributed by atoms with Crippen LogP contribution in [0.2, 0.25) is 0 Å². The molecule has 0 fully saturated rings. The molecule has 0 amide bonds. The van der Waals surface area contributed by atoms with Crippen molar-refractivity contribution in [2.75, 3.05) is 12.3 Å². The van der Waals surface area contributed by atoms with E-state index in [4.69, 9.17) is 5.73 Å². The molecule has 0 aliphatic rings. The lowest BCUT2D eigenvalue weighted by molar-refractivity contribution is -0.153. The van der Waals surface area contributed by atoms with E-state index in [1.165, 1.54) is 28.8 Å². The Kier molecular flexibility index (Phi) is 3.47. The van der Waals surface area contributed by atoms with Crippen LogP contribution < -0.4 is 16.0 Å². The topological polar surface area (TPSA) is 85.9 Å². The predicted octanol–water partition coefficient (Wildman–Crippen LogP) is 2.24. The Hall–Kier alpha value is -2.97. The summed E-state index contributed by atoms with van der Waals surface area (Å²) in [4.78, 5) is 19.3. The number of anilines is 1. The fourth-order valence-corrected chi connectivity index (χ4v) is 2.12. The molecule has 0 saturated heterocycles. The molecule has 9 heteroatoms. The number of hydrogen-bond donors (Lipinski definition) is 2. The molecule has 3 N–H and O–H groups in total. The van der Waals surface area contributed by atoms with E-state index in [9.17, 15) is 18.0 Å². The Morgan fingerprint density at radius 1 is 1.22 bits per heavy atom. The van der Waals surface area contributed by atoms with Crippen molar-refractivity contribution in [3.8, 4) is 11.4 Å². The summed E-state index contributed by atoms with van der Waals surface area (Å²) in [6.07, 6.45) is -2.85. The highest BCUT2D eigenvalue weighted by atomic mass is 19.4. The molecule has 6 nitrogen and oxygen atoms in total. The molecule has 120 valence electrons. The van der Waals surface area contributed by atoms with Gasteiger partial charge in [-0.05, 0) is 30.3 Å². The second-order valence-electron chi connectivity index (χ2n) is 4.75. The average Bonchev–Trinajstić information content (AvgIpc) is 2.94. The van der Waals surface area contributed by atoms with Gasteiger partial charge in [0.1, 0.15) is 11.4 Å². The van der Waals surface area contributed by atoms with Gasteiger partial charge in [-0.3, -0.25) is 4.79 Å². The molecule has 3 aromatic rings. The third kappa shape index (κ3) is 2.98. The Morgan fingerprint density at radius 2 is 1.91 bits per heavy atom. The normalized spacial score (nSPS) is 11.8. The standard InChI is InChI=1S/C14H11F3N4O2/c15-14(16,17)7-23-9-3-1-8(2-4-9)21-12(22)10-5-6-19-11(10)20-13(21)18/h1-6,19H,7H2,(H2,18,20). The largest absolute Gasteiger partial charge is 0.484 e. The van der Waals surface area contributed by atoms with Crippen LogP contribution in [0.1, 0.15) is 0 Å². The van der Waals surface area contributed by atoms with E-state index in [0.29, 0.717) is 16.7 Å². The molecule has 0 unspecified atom stereocenters. The maximum atomic E-state index is 12.4. The van der Waals surface area contributed by atoms with E-state index < -0.39 is 12.8 Å². The van der Waals surface area contributed by atoms with Crippen LogP contribution in [0.5, 0.6) is 5.75 Å². The number of rotatable bonds is 3. The molecule has 0 saturated carbocycles. The van der Waals surface area contributed by atoms with Crippen LogP contribution in [0.4, 0.5) is 19.1 Å². The SMILES string of the molecule is Nc1nc2[nH]ccc2c(=O)n1-c1ccc(OCC(F)(F)F)cc1. The number of nitrogens with two attached hydrogens (primary N) is 1. The first kappa shape index (κ1) is 14.9. The molecular formula is C14H11F3N4O2. The molecule has 0 aliphatic carbocycles. The third-order valence-electron chi connectivity index (χ3n) is 3.11. The monoisotopic (exact) mass is 324 g/mol. The number of nitrogen functional groups attached to an aromatic ring is 1. The molecule has 2 aromatic heterocycles. The molecule has 3 rings (SSSR count). The highest BCUT2D eigenvalue weighted by Crippen LogP contribution is 2.20. The molecule has 0 aliphatic heterocycles. The van der Waals surface area contributed by atoms with Crippen molar-refractivity contribution in [3.63, 3.8) is 0 Å². The summed E-state index contributed by atoms with van der Waals surface area (Å²) >= 11 is 0. The molecule has 0 atom stereocenters. The third-order valence-corrected chi connectivity index (χ3v) is 3.11. The molecule has 1 aromatic carbocycles. The van der Waals surface area contributed by atoms with Crippen LogP contribution in [0.15, 0.2) is 41.3 Å². The molecule has 2 heterocycles. The quantitative estimate of drug-likeness (QED) is 0.773. The van der Waals surface area contributed by atoms with Crippen LogP contribution in [-0.2, 0) is 0 Å². The molecule has 0 radical (unpaired) electrons. The lowest BCUT2D eigenvalue weighted by Crippen LogP contribution is -2.22. The van der Waals surface area contributed by atoms with Crippen molar-refractivity contribution >= 4 is 17.0 Å². The highest BCUT2D eigenvalue weighted by Gasteiger charge is 2.28. The first-order valence-corrected chi connectivity index (χ1v) is 6.51. The fourth-order valence-electron chi connectivity index (χ4n) is 2.12. The number of alkyl halides is 3. The Labute approximate surface area is 127 Å². The number of nitrogens with zero attached hydrogens (tertiary/aromatic N) is 2. The highest BCUT2D eigenvalue weighted by molar-refractivity contribution is 5.75. The Balaban J connectivity index is 1.95. The predicted molar refractivity (Wildman–Crippen MR) is 77.7 cm³/mol. The molecule has 0 spiro atoms. The van der Waals surface area contributed by atoms with Gasteiger partial charge in [0.15, 0.2) is 6.61 Å². The van der Waals surface area contributed by atoms with E-state index in [2.05, 4.69) is 14.7 Å². The number of aromatic amines is 1. The van der Waals surface area contributed by atoms with Gasteiger partial charge < -0.3 is 15.5 Å². The number of aromatic nitrogens is 3. The fraction of sp³-hybridized carbons (Fsp3) is 0.143. The van der Waals surface area contributed by atoms with E-state index in [-0.39, 0.29) is 17.3 Å². The summed E-state index contributed by atoms with van der Waals surface area (Å²) in [6, 6.07) is 7.09. The van der Waals surface area contributed by atoms with Crippen molar-refractivity contribution in [1.82, 2.24) is 14.5 Å². The van der Waals surface area contributed by atoms with Crippen molar-refractivity contribution in [2.45, 2.75) is 6.18 Å². The van der Waals surface area contributed by atoms with Gasteiger partial charge in [-0.15, -0.1) is 0 Å². The zero-order valence-corrected chi connectivity index (χ0v) is 11.6. The second-order valence-corrected chi connectivity index (χ2v) is 4.75. The maximum Gasteiger partial charge on any atom is 0.422 e. The van der Waals surface area contributed by atoms with Gasteiger partial charge in [0.25, 0.3) is 5.56 Å².